The number of nitrogens with two attached hydrogens (primary N) is 1. The zero-order valence-electron chi connectivity index (χ0n) is 10.2. The van der Waals surface area contributed by atoms with Crippen LogP contribution in [0.5, 0.6) is 0 Å². The molecule has 0 radical (unpaired) electrons. The Hall–Kier alpha value is -2.19. The third kappa shape index (κ3) is 2.80. The molecule has 4 N–H and O–H groups in total. The van der Waals surface area contributed by atoms with Gasteiger partial charge in [-0.1, -0.05) is 6.07 Å². The van der Waals surface area contributed by atoms with Crippen molar-refractivity contribution in [3.8, 4) is 0 Å². The first-order valence-electron chi connectivity index (χ1n) is 5.70. The summed E-state index contributed by atoms with van der Waals surface area (Å²) in [5.41, 5.74) is 6.03. The summed E-state index contributed by atoms with van der Waals surface area (Å²) in [5, 5.41) is 22.9. The van der Waals surface area contributed by atoms with Crippen molar-refractivity contribution < 1.29 is 14.4 Å². The van der Waals surface area contributed by atoms with Gasteiger partial charge in [-0.3, -0.25) is 10.1 Å². The topological polar surface area (TPSA) is 127 Å². The van der Waals surface area contributed by atoms with E-state index >= 15 is 0 Å². The molecule has 1 aromatic heterocycles. The summed E-state index contributed by atoms with van der Waals surface area (Å²) < 4.78 is 5.33. The first-order chi connectivity index (χ1) is 8.99. The minimum absolute atomic E-state index is 0.117. The highest BCUT2D eigenvalue weighted by Gasteiger charge is 2.18. The molecule has 2 rings (SSSR count). The molecule has 102 valence electrons. The van der Waals surface area contributed by atoms with Crippen LogP contribution in [0.3, 0.4) is 0 Å². The van der Waals surface area contributed by atoms with Crippen molar-refractivity contribution in [2.45, 2.75) is 19.1 Å². The quantitative estimate of drug-likeness (QED) is 0.540. The number of rotatable bonds is 5. The van der Waals surface area contributed by atoms with E-state index in [1.165, 1.54) is 12.1 Å². The SMILES string of the molecule is CC(O)C(N)CNc1nc2c([N+](=O)[O-])cccc2o1. The van der Waals surface area contributed by atoms with E-state index in [-0.39, 0.29) is 23.8 Å². The van der Waals surface area contributed by atoms with Crippen molar-refractivity contribution in [2.24, 2.45) is 5.73 Å². The molecule has 0 aliphatic carbocycles. The highest BCUT2D eigenvalue weighted by Crippen LogP contribution is 2.27. The number of hydrogen-bond donors (Lipinski definition) is 3. The maximum absolute atomic E-state index is 10.8. The van der Waals surface area contributed by atoms with E-state index in [9.17, 15) is 15.2 Å². The fourth-order valence-corrected chi connectivity index (χ4v) is 1.53. The molecule has 8 heteroatoms. The molecule has 0 amide bonds. The first kappa shape index (κ1) is 13.2. The predicted molar refractivity (Wildman–Crippen MR) is 68.8 cm³/mol. The average Bonchev–Trinajstić information content (AvgIpc) is 2.77. The molecule has 2 aromatic rings. The summed E-state index contributed by atoms with van der Waals surface area (Å²) in [6.45, 7) is 1.82. The Labute approximate surface area is 108 Å². The summed E-state index contributed by atoms with van der Waals surface area (Å²) in [6, 6.07) is 4.13. The number of benzene rings is 1. The summed E-state index contributed by atoms with van der Waals surface area (Å²) in [4.78, 5) is 14.3. The Morgan fingerprint density at radius 3 is 3.00 bits per heavy atom. The third-order valence-corrected chi connectivity index (χ3v) is 2.70. The van der Waals surface area contributed by atoms with Crippen LogP contribution in [0.25, 0.3) is 11.1 Å². The highest BCUT2D eigenvalue weighted by atomic mass is 16.6. The van der Waals surface area contributed by atoms with Crippen LogP contribution in [0.15, 0.2) is 22.6 Å². The number of para-hydroxylation sites is 1. The van der Waals surface area contributed by atoms with Gasteiger partial charge in [0.1, 0.15) is 0 Å². The lowest BCUT2D eigenvalue weighted by Crippen LogP contribution is -2.38. The molecule has 1 heterocycles. The first-order valence-corrected chi connectivity index (χ1v) is 5.70. The van der Waals surface area contributed by atoms with Gasteiger partial charge in [0.25, 0.3) is 11.7 Å². The Morgan fingerprint density at radius 1 is 1.63 bits per heavy atom. The number of fused-ring (bicyclic) bond motifs is 1. The number of nitrogens with zero attached hydrogens (tertiary/aromatic N) is 2. The standard InChI is InChI=1S/C11H14N4O4/c1-6(16)7(12)5-13-11-14-10-8(15(17)18)3-2-4-9(10)19-11/h2-4,6-7,16H,5,12H2,1H3,(H,13,14). The monoisotopic (exact) mass is 266 g/mol. The fraction of sp³-hybridized carbons (Fsp3) is 0.364. The minimum Gasteiger partial charge on any atom is -0.423 e. The molecule has 0 saturated heterocycles. The minimum atomic E-state index is -0.675. The lowest BCUT2D eigenvalue weighted by Gasteiger charge is -2.13. The van der Waals surface area contributed by atoms with Crippen LogP contribution in [0, 0.1) is 10.1 Å². The van der Waals surface area contributed by atoms with Crippen LogP contribution in [0.4, 0.5) is 11.7 Å². The summed E-state index contributed by atoms with van der Waals surface area (Å²) in [5.74, 6) is 0. The van der Waals surface area contributed by atoms with Gasteiger partial charge < -0.3 is 20.6 Å². The van der Waals surface area contributed by atoms with Crippen LogP contribution < -0.4 is 11.1 Å². The second kappa shape index (κ2) is 5.21. The number of nitro benzene ring substituents is 1. The molecule has 0 fully saturated rings. The molecular weight excluding hydrogens is 252 g/mol. The number of nitrogens with one attached hydrogen (secondary N) is 1. The number of aliphatic hydroxyl groups is 1. The lowest BCUT2D eigenvalue weighted by molar-refractivity contribution is -0.383. The van der Waals surface area contributed by atoms with Gasteiger partial charge in [-0.15, -0.1) is 0 Å². The highest BCUT2D eigenvalue weighted by molar-refractivity contribution is 5.83. The molecule has 0 saturated carbocycles. The van der Waals surface area contributed by atoms with Crippen molar-refractivity contribution in [2.75, 3.05) is 11.9 Å². The van der Waals surface area contributed by atoms with Crippen LogP contribution >= 0.6 is 0 Å². The summed E-state index contributed by atoms with van der Waals surface area (Å²) >= 11 is 0. The molecule has 0 bridgehead atoms. The van der Waals surface area contributed by atoms with Gasteiger partial charge in [0.2, 0.25) is 0 Å². The van der Waals surface area contributed by atoms with Crippen molar-refractivity contribution in [3.63, 3.8) is 0 Å². The van der Waals surface area contributed by atoms with Gasteiger partial charge >= 0.3 is 0 Å². The van der Waals surface area contributed by atoms with E-state index in [0.717, 1.165) is 0 Å². The van der Waals surface area contributed by atoms with Gasteiger partial charge in [0.05, 0.1) is 11.0 Å². The average molecular weight is 266 g/mol. The van der Waals surface area contributed by atoms with E-state index in [4.69, 9.17) is 10.2 Å². The number of aromatic nitrogens is 1. The Kier molecular flexibility index (Phi) is 3.63. The van der Waals surface area contributed by atoms with Crippen molar-refractivity contribution >= 4 is 22.8 Å². The Morgan fingerprint density at radius 2 is 2.37 bits per heavy atom. The van der Waals surface area contributed by atoms with Gasteiger partial charge in [-0.2, -0.15) is 4.98 Å². The molecule has 0 aliphatic heterocycles. The lowest BCUT2D eigenvalue weighted by atomic mass is 10.2. The maximum Gasteiger partial charge on any atom is 0.298 e. The van der Waals surface area contributed by atoms with E-state index in [0.29, 0.717) is 5.58 Å². The fourth-order valence-electron chi connectivity index (χ4n) is 1.53. The number of hydrogen-bond acceptors (Lipinski definition) is 7. The van der Waals surface area contributed by atoms with Crippen LogP contribution in [-0.2, 0) is 0 Å². The molecule has 2 atom stereocenters. The number of anilines is 1. The van der Waals surface area contributed by atoms with Gasteiger partial charge in [-0.05, 0) is 13.0 Å². The van der Waals surface area contributed by atoms with Gasteiger partial charge in [0.15, 0.2) is 11.1 Å². The maximum atomic E-state index is 10.8. The molecule has 1 aromatic carbocycles. The van der Waals surface area contributed by atoms with Crippen molar-refractivity contribution in [1.82, 2.24) is 4.98 Å². The van der Waals surface area contributed by atoms with Crippen LogP contribution in [0.2, 0.25) is 0 Å². The van der Waals surface area contributed by atoms with Crippen molar-refractivity contribution in [1.29, 1.82) is 0 Å². The van der Waals surface area contributed by atoms with E-state index in [1.54, 1.807) is 13.0 Å². The van der Waals surface area contributed by atoms with Crippen molar-refractivity contribution in [3.05, 3.63) is 28.3 Å². The van der Waals surface area contributed by atoms with Crippen LogP contribution in [0.1, 0.15) is 6.92 Å². The molecule has 0 spiro atoms. The zero-order chi connectivity index (χ0) is 14.0. The summed E-state index contributed by atoms with van der Waals surface area (Å²) in [7, 11) is 0. The second-order valence-electron chi connectivity index (χ2n) is 4.19. The number of nitro groups is 1. The van der Waals surface area contributed by atoms with Crippen LogP contribution in [-0.4, -0.2) is 33.7 Å². The summed E-state index contributed by atoms with van der Waals surface area (Å²) in [6.07, 6.45) is -0.675. The van der Waals surface area contributed by atoms with Gasteiger partial charge in [0, 0.05) is 18.7 Å². The number of oxazole rings is 1. The molecule has 2 unspecified atom stereocenters. The van der Waals surface area contributed by atoms with E-state index in [1.807, 2.05) is 0 Å². The second-order valence-corrected chi connectivity index (χ2v) is 4.19. The van der Waals surface area contributed by atoms with Gasteiger partial charge in [-0.25, -0.2) is 0 Å². The zero-order valence-corrected chi connectivity index (χ0v) is 10.2. The smallest absolute Gasteiger partial charge is 0.298 e. The molecule has 0 aliphatic rings. The normalized spacial score (nSPS) is 14.3. The molecule has 8 nitrogen and oxygen atoms in total. The Balaban J connectivity index is 2.22. The molecule has 19 heavy (non-hydrogen) atoms. The third-order valence-electron chi connectivity index (χ3n) is 2.70. The Bertz CT molecular complexity index is 595. The predicted octanol–water partition coefficient (Wildman–Crippen LogP) is 0.856. The number of non-ortho nitro benzene ring substituents is 1. The molecular formula is C11H14N4O4. The van der Waals surface area contributed by atoms with E-state index < -0.39 is 17.1 Å². The largest absolute Gasteiger partial charge is 0.423 e. The van der Waals surface area contributed by atoms with E-state index in [2.05, 4.69) is 10.3 Å². The number of aliphatic hydroxyl groups excluding tert-OH is 1.